The van der Waals surface area contributed by atoms with Gasteiger partial charge in [0.25, 0.3) is 0 Å². The molecule has 2 aromatic rings. The zero-order valence-electron chi connectivity index (χ0n) is 12.6. The molecule has 0 aliphatic carbocycles. The quantitative estimate of drug-likeness (QED) is 0.821. The number of benzene rings is 2. The molecule has 2 aromatic carbocycles. The molecule has 0 fully saturated rings. The van der Waals surface area contributed by atoms with Gasteiger partial charge in [0.05, 0.1) is 6.61 Å². The maximum atomic E-state index is 11.4. The van der Waals surface area contributed by atoms with Crippen LogP contribution in [0, 0.1) is 0 Å². The Labute approximate surface area is 129 Å². The van der Waals surface area contributed by atoms with Crippen LogP contribution in [-0.4, -0.2) is 18.9 Å². The topological polar surface area (TPSA) is 56.8 Å². The van der Waals surface area contributed by atoms with Crippen molar-refractivity contribution < 1.29 is 19.0 Å². The molecule has 5 heteroatoms. The summed E-state index contributed by atoms with van der Waals surface area (Å²) in [5.74, 6) is 1.83. The van der Waals surface area contributed by atoms with Gasteiger partial charge >= 0.3 is 6.09 Å². The lowest BCUT2D eigenvalue weighted by Crippen LogP contribution is -2.37. The van der Waals surface area contributed by atoms with E-state index in [1.54, 1.807) is 26.0 Å². The predicted molar refractivity (Wildman–Crippen MR) is 83.2 cm³/mol. The van der Waals surface area contributed by atoms with E-state index in [-0.39, 0.29) is 0 Å². The summed E-state index contributed by atoms with van der Waals surface area (Å²) in [6, 6.07) is 16.7. The Morgan fingerprint density at radius 2 is 1.68 bits per heavy atom. The summed E-state index contributed by atoms with van der Waals surface area (Å²) in [4.78, 5) is 11.4. The molecule has 0 aromatic heterocycles. The van der Waals surface area contributed by atoms with Crippen molar-refractivity contribution in [1.29, 1.82) is 0 Å². The fraction of sp³-hybridized carbons (Fsp3) is 0.235. The summed E-state index contributed by atoms with van der Waals surface area (Å²) >= 11 is 0. The van der Waals surface area contributed by atoms with Gasteiger partial charge in [-0.05, 0) is 38.1 Å². The van der Waals surface area contributed by atoms with Crippen LogP contribution in [-0.2, 0) is 4.74 Å². The number of rotatable bonds is 6. The third-order valence-electron chi connectivity index (χ3n) is 2.72. The molecule has 0 spiro atoms. The third kappa shape index (κ3) is 4.70. The third-order valence-corrected chi connectivity index (χ3v) is 2.72. The summed E-state index contributed by atoms with van der Waals surface area (Å²) in [6.45, 7) is 3.77. The predicted octanol–water partition coefficient (Wildman–Crippen LogP) is 3.95. The van der Waals surface area contributed by atoms with Gasteiger partial charge in [-0.15, -0.1) is 0 Å². The number of para-hydroxylation sites is 3. The maximum absolute atomic E-state index is 11.4. The Morgan fingerprint density at radius 3 is 2.36 bits per heavy atom. The second kappa shape index (κ2) is 7.93. The molecule has 2 rings (SSSR count). The van der Waals surface area contributed by atoms with Gasteiger partial charge in [-0.25, -0.2) is 4.79 Å². The number of hydrogen-bond acceptors (Lipinski definition) is 4. The SMILES string of the molecule is CCOC(=O)NC(C)Oc1ccccc1Oc1ccccc1. The molecular formula is C17H19NO4. The Morgan fingerprint density at radius 1 is 1.05 bits per heavy atom. The summed E-state index contributed by atoms with van der Waals surface area (Å²) < 4.78 is 16.3. The number of alkyl carbamates (subject to hydrolysis) is 1. The summed E-state index contributed by atoms with van der Waals surface area (Å²) in [6.07, 6.45) is -1.06. The van der Waals surface area contributed by atoms with Crippen molar-refractivity contribution in [1.82, 2.24) is 5.32 Å². The summed E-state index contributed by atoms with van der Waals surface area (Å²) in [5.41, 5.74) is 0. The molecule has 5 nitrogen and oxygen atoms in total. The van der Waals surface area contributed by atoms with Gasteiger partial charge < -0.3 is 14.2 Å². The first kappa shape index (κ1) is 15.7. The highest BCUT2D eigenvalue weighted by Gasteiger charge is 2.12. The standard InChI is InChI=1S/C17H19NO4/c1-3-20-17(19)18-13(2)21-15-11-7-8-12-16(15)22-14-9-5-4-6-10-14/h4-13H,3H2,1-2H3,(H,18,19). The van der Waals surface area contributed by atoms with Crippen LogP contribution >= 0.6 is 0 Å². The molecule has 0 saturated heterocycles. The molecule has 22 heavy (non-hydrogen) atoms. The van der Waals surface area contributed by atoms with E-state index in [4.69, 9.17) is 14.2 Å². The summed E-state index contributed by atoms with van der Waals surface area (Å²) in [5, 5.41) is 2.58. The molecule has 0 aliphatic rings. The van der Waals surface area contributed by atoms with Gasteiger partial charge in [0.2, 0.25) is 0 Å². The number of carbonyl (C=O) groups is 1. The van der Waals surface area contributed by atoms with Crippen LogP contribution in [0.3, 0.4) is 0 Å². The zero-order valence-corrected chi connectivity index (χ0v) is 12.6. The van der Waals surface area contributed by atoms with E-state index in [1.807, 2.05) is 42.5 Å². The minimum Gasteiger partial charge on any atom is -0.467 e. The number of carbonyl (C=O) groups excluding carboxylic acids is 1. The normalized spacial score (nSPS) is 11.4. The molecule has 1 amide bonds. The van der Waals surface area contributed by atoms with Crippen LogP contribution < -0.4 is 14.8 Å². The first-order valence-electron chi connectivity index (χ1n) is 7.11. The van der Waals surface area contributed by atoms with E-state index in [1.165, 1.54) is 0 Å². The Bertz CT molecular complexity index is 601. The van der Waals surface area contributed by atoms with Crippen molar-refractivity contribution in [2.24, 2.45) is 0 Å². The van der Waals surface area contributed by atoms with Gasteiger partial charge in [0, 0.05) is 0 Å². The van der Waals surface area contributed by atoms with Crippen molar-refractivity contribution in [2.75, 3.05) is 6.61 Å². The minimum atomic E-state index is -0.542. The molecule has 0 radical (unpaired) electrons. The van der Waals surface area contributed by atoms with Gasteiger partial charge in [0.15, 0.2) is 17.7 Å². The number of hydrogen-bond donors (Lipinski definition) is 1. The first-order chi connectivity index (χ1) is 10.7. The Hall–Kier alpha value is -2.69. The van der Waals surface area contributed by atoms with Crippen molar-refractivity contribution >= 4 is 6.09 Å². The highest BCUT2D eigenvalue weighted by molar-refractivity contribution is 5.67. The van der Waals surface area contributed by atoms with Gasteiger partial charge in [0.1, 0.15) is 5.75 Å². The number of ether oxygens (including phenoxy) is 3. The van der Waals surface area contributed by atoms with Crippen molar-refractivity contribution in [2.45, 2.75) is 20.1 Å². The molecular weight excluding hydrogens is 282 g/mol. The van der Waals surface area contributed by atoms with Crippen LogP contribution in [0.15, 0.2) is 54.6 Å². The van der Waals surface area contributed by atoms with Gasteiger partial charge in [-0.2, -0.15) is 0 Å². The smallest absolute Gasteiger partial charge is 0.409 e. The highest BCUT2D eigenvalue weighted by atomic mass is 16.6. The molecule has 1 atom stereocenters. The molecule has 0 heterocycles. The minimum absolute atomic E-state index is 0.312. The fourth-order valence-electron chi connectivity index (χ4n) is 1.81. The van der Waals surface area contributed by atoms with Crippen LogP contribution in [0.2, 0.25) is 0 Å². The van der Waals surface area contributed by atoms with E-state index in [0.29, 0.717) is 23.9 Å². The van der Waals surface area contributed by atoms with Crippen LogP contribution in [0.25, 0.3) is 0 Å². The average molecular weight is 301 g/mol. The van der Waals surface area contributed by atoms with E-state index >= 15 is 0 Å². The Balaban J connectivity index is 2.03. The van der Waals surface area contributed by atoms with Crippen LogP contribution in [0.5, 0.6) is 17.2 Å². The van der Waals surface area contributed by atoms with Gasteiger partial charge in [-0.3, -0.25) is 5.32 Å². The van der Waals surface area contributed by atoms with E-state index < -0.39 is 12.3 Å². The zero-order chi connectivity index (χ0) is 15.8. The highest BCUT2D eigenvalue weighted by Crippen LogP contribution is 2.31. The van der Waals surface area contributed by atoms with E-state index in [2.05, 4.69) is 5.32 Å². The number of nitrogens with one attached hydrogen (secondary N) is 1. The van der Waals surface area contributed by atoms with Crippen molar-refractivity contribution in [3.8, 4) is 17.2 Å². The lowest BCUT2D eigenvalue weighted by Gasteiger charge is -2.18. The van der Waals surface area contributed by atoms with Crippen LogP contribution in [0.1, 0.15) is 13.8 Å². The van der Waals surface area contributed by atoms with Crippen molar-refractivity contribution in [3.05, 3.63) is 54.6 Å². The fourth-order valence-corrected chi connectivity index (χ4v) is 1.81. The largest absolute Gasteiger partial charge is 0.467 e. The lowest BCUT2D eigenvalue weighted by atomic mass is 10.3. The van der Waals surface area contributed by atoms with Crippen LogP contribution in [0.4, 0.5) is 4.79 Å². The molecule has 0 bridgehead atoms. The lowest BCUT2D eigenvalue weighted by molar-refractivity contribution is 0.119. The van der Waals surface area contributed by atoms with Gasteiger partial charge in [-0.1, -0.05) is 30.3 Å². The second-order valence-corrected chi connectivity index (χ2v) is 4.49. The second-order valence-electron chi connectivity index (χ2n) is 4.49. The maximum Gasteiger partial charge on any atom is 0.409 e. The number of amides is 1. The average Bonchev–Trinajstić information content (AvgIpc) is 2.50. The molecule has 1 unspecified atom stereocenters. The summed E-state index contributed by atoms with van der Waals surface area (Å²) in [7, 11) is 0. The first-order valence-corrected chi connectivity index (χ1v) is 7.11. The van der Waals surface area contributed by atoms with E-state index in [0.717, 1.165) is 0 Å². The molecule has 1 N–H and O–H groups in total. The molecule has 116 valence electrons. The molecule has 0 saturated carbocycles. The Kier molecular flexibility index (Phi) is 5.65. The van der Waals surface area contributed by atoms with Crippen molar-refractivity contribution in [3.63, 3.8) is 0 Å². The van der Waals surface area contributed by atoms with E-state index in [9.17, 15) is 4.79 Å². The molecule has 0 aliphatic heterocycles. The monoisotopic (exact) mass is 301 g/mol.